The zero-order valence-corrected chi connectivity index (χ0v) is 39.5. The fourth-order valence-electron chi connectivity index (χ4n) is 9.66. The van der Waals surface area contributed by atoms with Crippen molar-refractivity contribution in [3.8, 4) is 46.7 Å². The van der Waals surface area contributed by atoms with E-state index in [0.29, 0.717) is 37.0 Å². The molecule has 3 N–H and O–H groups in total. The topological polar surface area (TPSA) is 113 Å². The van der Waals surface area contributed by atoms with Crippen LogP contribution in [0.5, 0.6) is 23.0 Å². The molecule has 0 radical (unpaired) electrons. The summed E-state index contributed by atoms with van der Waals surface area (Å²) in [6.45, 7) is 23.2. The standard InChI is InChI=1S/C29H45NO4.C22H31NO4.2CH4/c1-20(2)15-22-19-30-13-11-21-16-25(32-8)26(33-9)17-23(21)24(30)18-29(22,31)12-10-14-34-28(6,7)27(3,4)5;1-15(2)10-17-14-23-8-6-16-11-20(26-3)21(27-4)12-18(16)19(23)13-22(17,25)7-5-9-24;;/h16-17,20,22,24,31H,11,13-15,18-19H2,1-9H3;11-12,15,17,19,24-25H,6,8-10,13-14H2,1-4H3;2*1H4/t22-,24-,29-;17-,19-,22-;;/m11../s1. The first-order chi connectivity index (χ1) is 28.7. The molecule has 0 aromatic heterocycles. The van der Waals surface area contributed by atoms with Crippen LogP contribution in [-0.4, -0.2) is 110 Å². The summed E-state index contributed by atoms with van der Waals surface area (Å²) in [5, 5.41) is 32.6. The molecule has 6 rings (SSSR count). The average Bonchev–Trinajstić information content (AvgIpc) is 3.20. The Morgan fingerprint density at radius 2 is 1.03 bits per heavy atom. The molecular weight excluding hydrogens is 793 g/mol. The SMILES string of the molecule is C.C.COc1cc2c(cc1OC)[C@H]1C[C@](O)(C#CCO)[C@H](CC(C)C)CN1CC2.COc1cc2c(cc1OC)[C@H]1C[C@](O)(C#CCOC(C)(C)C(C)(C)C)[C@H](CC(C)C)CN1CC2. The van der Waals surface area contributed by atoms with Crippen molar-refractivity contribution in [1.29, 1.82) is 0 Å². The Morgan fingerprint density at radius 1 is 0.651 bits per heavy atom. The lowest BCUT2D eigenvalue weighted by Crippen LogP contribution is -2.54. The van der Waals surface area contributed by atoms with E-state index in [0.717, 1.165) is 69.1 Å². The maximum Gasteiger partial charge on any atom is 0.161 e. The van der Waals surface area contributed by atoms with E-state index in [1.54, 1.807) is 28.4 Å². The molecule has 2 aromatic rings. The minimum atomic E-state index is -1.09. The molecule has 63 heavy (non-hydrogen) atoms. The molecule has 4 heterocycles. The van der Waals surface area contributed by atoms with E-state index in [-0.39, 0.29) is 56.4 Å². The Hall–Kier alpha value is -3.48. The van der Waals surface area contributed by atoms with Gasteiger partial charge in [0.15, 0.2) is 23.0 Å². The van der Waals surface area contributed by atoms with Gasteiger partial charge in [0.25, 0.3) is 0 Å². The van der Waals surface area contributed by atoms with Gasteiger partial charge in [-0.3, -0.25) is 9.80 Å². The number of aliphatic hydroxyl groups is 3. The van der Waals surface area contributed by atoms with Crippen molar-refractivity contribution in [1.82, 2.24) is 9.80 Å². The van der Waals surface area contributed by atoms with Crippen LogP contribution in [0.3, 0.4) is 0 Å². The van der Waals surface area contributed by atoms with Crippen LogP contribution < -0.4 is 18.9 Å². The quantitative estimate of drug-likeness (QED) is 0.200. The maximum atomic E-state index is 11.9. The van der Waals surface area contributed by atoms with Crippen molar-refractivity contribution in [3.63, 3.8) is 0 Å². The maximum absolute atomic E-state index is 11.9. The van der Waals surface area contributed by atoms with Crippen molar-refractivity contribution in [2.75, 3.05) is 67.8 Å². The van der Waals surface area contributed by atoms with Gasteiger partial charge in [-0.25, -0.2) is 0 Å². The summed E-state index contributed by atoms with van der Waals surface area (Å²) in [6.07, 6.45) is 4.92. The molecule has 2 saturated heterocycles. The molecule has 0 amide bonds. The highest BCUT2D eigenvalue weighted by atomic mass is 16.5. The molecule has 2 aromatic carbocycles. The lowest BCUT2D eigenvalue weighted by Gasteiger charge is -2.50. The molecule has 0 bridgehead atoms. The van der Waals surface area contributed by atoms with E-state index in [1.807, 2.05) is 6.07 Å². The van der Waals surface area contributed by atoms with Gasteiger partial charge in [-0.1, -0.05) is 87.0 Å². The number of methoxy groups -OCH3 is 4. The highest BCUT2D eigenvalue weighted by molar-refractivity contribution is 5.51. The number of nitrogens with zero attached hydrogens (tertiary/aromatic N) is 2. The van der Waals surface area contributed by atoms with Gasteiger partial charge in [0.1, 0.15) is 24.4 Å². The van der Waals surface area contributed by atoms with Crippen LogP contribution in [0.1, 0.15) is 137 Å². The Balaban J connectivity index is 0.000000333. The second-order valence-electron chi connectivity index (χ2n) is 20.1. The molecule has 0 spiro atoms. The minimum Gasteiger partial charge on any atom is -0.493 e. The van der Waals surface area contributed by atoms with Crippen LogP contribution in [0.25, 0.3) is 0 Å². The molecule has 10 nitrogen and oxygen atoms in total. The van der Waals surface area contributed by atoms with Crippen LogP contribution in [-0.2, 0) is 17.6 Å². The fraction of sp³-hybridized carbons (Fsp3) is 0.698. The number of rotatable bonds is 10. The van der Waals surface area contributed by atoms with Crippen molar-refractivity contribution in [2.45, 2.75) is 145 Å². The Bertz CT molecular complexity index is 1930. The number of benzene rings is 2. The smallest absolute Gasteiger partial charge is 0.161 e. The summed E-state index contributed by atoms with van der Waals surface area (Å²) in [5.41, 5.74) is 2.48. The van der Waals surface area contributed by atoms with Gasteiger partial charge < -0.3 is 39.0 Å². The third-order valence-electron chi connectivity index (χ3n) is 14.0. The summed E-state index contributed by atoms with van der Waals surface area (Å²) in [6, 6.07) is 8.50. The van der Waals surface area contributed by atoms with Gasteiger partial charge in [0, 0.05) is 62.9 Å². The van der Waals surface area contributed by atoms with Crippen molar-refractivity contribution in [2.24, 2.45) is 29.1 Å². The molecule has 0 aliphatic carbocycles. The highest BCUT2D eigenvalue weighted by Gasteiger charge is 2.48. The summed E-state index contributed by atoms with van der Waals surface area (Å²) in [4.78, 5) is 4.99. The van der Waals surface area contributed by atoms with E-state index in [4.69, 9.17) is 23.7 Å². The monoisotopic (exact) mass is 877 g/mol. The molecule has 2 fully saturated rings. The van der Waals surface area contributed by atoms with E-state index < -0.39 is 11.2 Å². The van der Waals surface area contributed by atoms with E-state index in [1.165, 1.54) is 22.3 Å². The molecule has 0 saturated carbocycles. The predicted molar refractivity (Wildman–Crippen MR) is 256 cm³/mol. The van der Waals surface area contributed by atoms with Crippen LogP contribution in [0.2, 0.25) is 0 Å². The summed E-state index contributed by atoms with van der Waals surface area (Å²) in [5.74, 6) is 16.3. The molecule has 0 unspecified atom stereocenters. The third kappa shape index (κ3) is 12.3. The van der Waals surface area contributed by atoms with Crippen molar-refractivity contribution >= 4 is 0 Å². The van der Waals surface area contributed by atoms with Gasteiger partial charge in [0.05, 0.1) is 34.0 Å². The second-order valence-corrected chi connectivity index (χ2v) is 20.1. The summed E-state index contributed by atoms with van der Waals surface area (Å²) < 4.78 is 28.2. The molecule has 10 heteroatoms. The zero-order valence-electron chi connectivity index (χ0n) is 39.5. The van der Waals surface area contributed by atoms with E-state index in [9.17, 15) is 15.3 Å². The Labute approximate surface area is 382 Å². The lowest BCUT2D eigenvalue weighted by molar-refractivity contribution is -0.0779. The van der Waals surface area contributed by atoms with E-state index in [2.05, 4.69) is 114 Å². The summed E-state index contributed by atoms with van der Waals surface area (Å²) >= 11 is 0. The van der Waals surface area contributed by atoms with Crippen molar-refractivity contribution < 1.29 is 39.0 Å². The fourth-order valence-corrected chi connectivity index (χ4v) is 9.66. The molecule has 4 aliphatic rings. The van der Waals surface area contributed by atoms with Crippen LogP contribution >= 0.6 is 0 Å². The van der Waals surface area contributed by atoms with Gasteiger partial charge in [0.2, 0.25) is 0 Å². The largest absolute Gasteiger partial charge is 0.493 e. The molecule has 4 aliphatic heterocycles. The number of aliphatic hydroxyl groups excluding tert-OH is 1. The minimum absolute atomic E-state index is 0. The molecule has 354 valence electrons. The van der Waals surface area contributed by atoms with Gasteiger partial charge in [-0.2, -0.15) is 0 Å². The predicted octanol–water partition coefficient (Wildman–Crippen LogP) is 8.91. The van der Waals surface area contributed by atoms with E-state index >= 15 is 0 Å². The normalized spacial score (nSPS) is 25.4. The zero-order chi connectivity index (χ0) is 44.9. The number of hydrogen-bond acceptors (Lipinski definition) is 10. The second kappa shape index (κ2) is 22.1. The third-order valence-corrected chi connectivity index (χ3v) is 14.0. The van der Waals surface area contributed by atoms with Gasteiger partial charge in [-0.05, 0) is 103 Å². The molecule has 6 atom stereocenters. The number of fused-ring (bicyclic) bond motifs is 6. The summed E-state index contributed by atoms with van der Waals surface area (Å²) in [7, 11) is 6.65. The molecular formula is C53H84N2O8. The first-order valence-corrected chi connectivity index (χ1v) is 22.4. The number of ether oxygens (including phenoxy) is 5. The highest BCUT2D eigenvalue weighted by Crippen LogP contribution is 2.49. The van der Waals surface area contributed by atoms with Crippen LogP contribution in [0.4, 0.5) is 0 Å². The van der Waals surface area contributed by atoms with Gasteiger partial charge in [-0.15, -0.1) is 0 Å². The average molecular weight is 877 g/mol. The van der Waals surface area contributed by atoms with Crippen molar-refractivity contribution in [3.05, 3.63) is 46.5 Å². The first kappa shape index (κ1) is 53.9. The first-order valence-electron chi connectivity index (χ1n) is 22.4. The number of piperidine rings is 2. The Kier molecular flexibility index (Phi) is 18.9. The van der Waals surface area contributed by atoms with Crippen LogP contribution in [0, 0.1) is 52.8 Å². The lowest BCUT2D eigenvalue weighted by atomic mass is 9.71. The van der Waals surface area contributed by atoms with Gasteiger partial charge >= 0.3 is 0 Å². The van der Waals surface area contributed by atoms with Crippen LogP contribution in [0.15, 0.2) is 24.3 Å². The number of hydrogen-bond donors (Lipinski definition) is 3. The Morgan fingerprint density at radius 3 is 1.38 bits per heavy atom.